The summed E-state index contributed by atoms with van der Waals surface area (Å²) in [5.41, 5.74) is 0. The van der Waals surface area contributed by atoms with Gasteiger partial charge in [0, 0.05) is 11.2 Å². The molecule has 2 nitrogen and oxygen atoms in total. The van der Waals surface area contributed by atoms with Crippen molar-refractivity contribution in [3.8, 4) is 0 Å². The summed E-state index contributed by atoms with van der Waals surface area (Å²) < 4.78 is 0. The Kier molecular flexibility index (Phi) is 3.10. The third-order valence-electron chi connectivity index (χ3n) is 1.48. The lowest BCUT2D eigenvalue weighted by Crippen LogP contribution is -2.44. The van der Waals surface area contributed by atoms with Gasteiger partial charge in [0.1, 0.15) is 0 Å². The fourth-order valence-corrected chi connectivity index (χ4v) is 2.31. The molecule has 0 spiro atoms. The van der Waals surface area contributed by atoms with Gasteiger partial charge in [0.25, 0.3) is 0 Å². The Morgan fingerprint density at radius 3 is 2.80 bits per heavy atom. The topological polar surface area (TPSA) is 6.48 Å². The first-order valence-corrected chi connectivity index (χ1v) is 4.71. The second-order valence-corrected chi connectivity index (χ2v) is 3.92. The van der Waals surface area contributed by atoms with E-state index in [0.29, 0.717) is 5.37 Å². The van der Waals surface area contributed by atoms with Gasteiger partial charge >= 0.3 is 0 Å². The van der Waals surface area contributed by atoms with Crippen molar-refractivity contribution in [3.63, 3.8) is 0 Å². The zero-order chi connectivity index (χ0) is 7.56. The first kappa shape index (κ1) is 8.46. The van der Waals surface area contributed by atoms with Crippen LogP contribution in [0.25, 0.3) is 0 Å². The fraction of sp³-hybridized carbons (Fsp3) is 0.833. The van der Waals surface area contributed by atoms with E-state index in [1.54, 1.807) is 0 Å². The first-order chi connectivity index (χ1) is 4.74. The largest absolute Gasteiger partial charge is 0.284 e. The Balaban J connectivity index is 2.43. The van der Waals surface area contributed by atoms with Gasteiger partial charge in [-0.3, -0.25) is 9.80 Å². The van der Waals surface area contributed by atoms with E-state index in [-0.39, 0.29) is 0 Å². The van der Waals surface area contributed by atoms with Crippen molar-refractivity contribution in [3.05, 3.63) is 0 Å². The van der Waals surface area contributed by atoms with Crippen molar-refractivity contribution in [2.45, 2.75) is 5.37 Å². The second kappa shape index (κ2) is 3.67. The van der Waals surface area contributed by atoms with Crippen LogP contribution in [-0.2, 0) is 0 Å². The third-order valence-corrected chi connectivity index (χ3v) is 3.34. The smallest absolute Gasteiger partial charge is 0.0867 e. The lowest BCUT2D eigenvalue weighted by atomic mass is 10.6. The maximum atomic E-state index is 4.88. The Morgan fingerprint density at radius 1 is 1.60 bits per heavy atom. The molecule has 1 saturated heterocycles. The van der Waals surface area contributed by atoms with Crippen LogP contribution in [0, 0.1) is 0 Å². The highest BCUT2D eigenvalue weighted by Gasteiger charge is 2.19. The molecule has 1 rings (SSSR count). The predicted octanol–water partition coefficient (Wildman–Crippen LogP) is 0.838. The van der Waals surface area contributed by atoms with Crippen LogP contribution in [0.15, 0.2) is 0 Å². The Bertz CT molecular complexity index is 129. The molecule has 0 N–H and O–H groups in total. The quantitative estimate of drug-likeness (QED) is 0.546. The first-order valence-electron chi connectivity index (χ1n) is 3.19. The molecule has 1 unspecified atom stereocenters. The Morgan fingerprint density at radius 2 is 2.30 bits per heavy atom. The SMILES string of the molecule is CN1CSC(C=S)N(C)C1. The molecule has 0 radical (unpaired) electrons. The molecule has 0 aromatic carbocycles. The standard InChI is InChI=1S/C6H12N2S2/c1-7-4-8(2)6(3-9)10-5-7/h3,6H,4-5H2,1-2H3. The van der Waals surface area contributed by atoms with Crippen LogP contribution in [0.5, 0.6) is 0 Å². The molecular formula is C6H12N2S2. The van der Waals surface area contributed by atoms with Gasteiger partial charge < -0.3 is 0 Å². The lowest BCUT2D eigenvalue weighted by Gasteiger charge is -2.34. The average molecular weight is 176 g/mol. The molecule has 4 heteroatoms. The van der Waals surface area contributed by atoms with Crippen LogP contribution < -0.4 is 0 Å². The van der Waals surface area contributed by atoms with Crippen molar-refractivity contribution in [1.82, 2.24) is 9.80 Å². The van der Waals surface area contributed by atoms with E-state index in [1.165, 1.54) is 0 Å². The van der Waals surface area contributed by atoms with Crippen LogP contribution in [0.1, 0.15) is 0 Å². The van der Waals surface area contributed by atoms with Gasteiger partial charge in [0.2, 0.25) is 0 Å². The summed E-state index contributed by atoms with van der Waals surface area (Å²) >= 11 is 6.75. The molecule has 1 atom stereocenters. The van der Waals surface area contributed by atoms with Crippen LogP contribution in [-0.4, -0.2) is 47.2 Å². The summed E-state index contributed by atoms with van der Waals surface area (Å²) in [6.07, 6.45) is 0. The molecule has 1 aliphatic heterocycles. The summed E-state index contributed by atoms with van der Waals surface area (Å²) in [4.78, 5) is 4.50. The van der Waals surface area contributed by atoms with E-state index >= 15 is 0 Å². The van der Waals surface area contributed by atoms with E-state index < -0.39 is 0 Å². The summed E-state index contributed by atoms with van der Waals surface area (Å²) in [6.45, 7) is 1.02. The third kappa shape index (κ3) is 1.92. The average Bonchev–Trinajstić information content (AvgIpc) is 1.88. The minimum absolute atomic E-state index is 0.436. The number of thioether (sulfide) groups is 1. The molecule has 0 aromatic rings. The highest BCUT2D eigenvalue weighted by molar-refractivity contribution is 8.01. The van der Waals surface area contributed by atoms with Crippen molar-refractivity contribution < 1.29 is 0 Å². The van der Waals surface area contributed by atoms with Gasteiger partial charge in [0.05, 0.1) is 12.0 Å². The van der Waals surface area contributed by atoms with Crippen molar-refractivity contribution in [2.75, 3.05) is 26.6 Å². The molecule has 0 bridgehead atoms. The van der Waals surface area contributed by atoms with Crippen molar-refractivity contribution >= 4 is 29.3 Å². The number of thiocarbonyl (C=S) groups is 1. The van der Waals surface area contributed by atoms with Gasteiger partial charge in [-0.15, -0.1) is 11.8 Å². The summed E-state index contributed by atoms with van der Waals surface area (Å²) in [6, 6.07) is 0. The van der Waals surface area contributed by atoms with Crippen molar-refractivity contribution in [1.29, 1.82) is 0 Å². The minimum atomic E-state index is 0.436. The molecular weight excluding hydrogens is 164 g/mol. The van der Waals surface area contributed by atoms with Gasteiger partial charge in [0.15, 0.2) is 0 Å². The van der Waals surface area contributed by atoms with Crippen molar-refractivity contribution in [2.24, 2.45) is 0 Å². The predicted molar refractivity (Wildman–Crippen MR) is 50.3 cm³/mol. The molecule has 0 saturated carbocycles. The van der Waals surface area contributed by atoms with E-state index in [4.69, 9.17) is 12.2 Å². The number of hydrogen-bond acceptors (Lipinski definition) is 4. The summed E-state index contributed by atoms with van der Waals surface area (Å²) in [7, 11) is 4.21. The van der Waals surface area contributed by atoms with Gasteiger partial charge in [-0.25, -0.2) is 0 Å². The minimum Gasteiger partial charge on any atom is -0.284 e. The molecule has 1 aliphatic rings. The molecule has 58 valence electrons. The highest BCUT2D eigenvalue weighted by Crippen LogP contribution is 2.18. The lowest BCUT2D eigenvalue weighted by molar-refractivity contribution is 0.201. The number of hydrogen-bond donors (Lipinski definition) is 0. The number of rotatable bonds is 1. The van der Waals surface area contributed by atoms with Crippen LogP contribution in [0.3, 0.4) is 0 Å². The molecule has 10 heavy (non-hydrogen) atoms. The number of nitrogens with zero attached hydrogens (tertiary/aromatic N) is 2. The van der Waals surface area contributed by atoms with Crippen LogP contribution in [0.2, 0.25) is 0 Å². The molecule has 0 amide bonds. The highest BCUT2D eigenvalue weighted by atomic mass is 32.2. The monoisotopic (exact) mass is 176 g/mol. The maximum Gasteiger partial charge on any atom is 0.0867 e. The molecule has 0 aliphatic carbocycles. The Labute approximate surface area is 71.6 Å². The summed E-state index contributed by atoms with van der Waals surface area (Å²) in [5.74, 6) is 1.09. The molecule has 1 fully saturated rings. The normalized spacial score (nSPS) is 30.4. The van der Waals surface area contributed by atoms with Crippen LogP contribution >= 0.6 is 24.0 Å². The van der Waals surface area contributed by atoms with Gasteiger partial charge in [-0.2, -0.15) is 0 Å². The van der Waals surface area contributed by atoms with E-state index in [0.717, 1.165) is 12.5 Å². The molecule has 0 aromatic heterocycles. The van der Waals surface area contributed by atoms with E-state index in [1.807, 2.05) is 17.1 Å². The second-order valence-electron chi connectivity index (χ2n) is 2.58. The fourth-order valence-electron chi connectivity index (χ4n) is 0.976. The van der Waals surface area contributed by atoms with Gasteiger partial charge in [-0.05, 0) is 14.1 Å². The Hall–Kier alpha value is 0.360. The van der Waals surface area contributed by atoms with Crippen LogP contribution in [0.4, 0.5) is 0 Å². The van der Waals surface area contributed by atoms with E-state index in [2.05, 4.69) is 23.9 Å². The van der Waals surface area contributed by atoms with Gasteiger partial charge in [-0.1, -0.05) is 12.2 Å². The maximum absolute atomic E-state index is 4.88. The summed E-state index contributed by atoms with van der Waals surface area (Å²) in [5, 5.41) is 2.27. The zero-order valence-corrected chi connectivity index (χ0v) is 7.91. The molecule has 1 heterocycles. The zero-order valence-electron chi connectivity index (χ0n) is 6.28. The van der Waals surface area contributed by atoms with E-state index in [9.17, 15) is 0 Å².